The highest BCUT2D eigenvalue weighted by atomic mass is 16.5. The predicted molar refractivity (Wildman–Crippen MR) is 71.2 cm³/mol. The van der Waals surface area contributed by atoms with Crippen molar-refractivity contribution in [1.29, 1.82) is 0 Å². The predicted octanol–water partition coefficient (Wildman–Crippen LogP) is 0.837. The molecule has 2 unspecified atom stereocenters. The first-order valence-corrected chi connectivity index (χ1v) is 7.54. The third-order valence-electron chi connectivity index (χ3n) is 4.93. The summed E-state index contributed by atoms with van der Waals surface area (Å²) in [5.74, 6) is -0.722. The molecule has 2 N–H and O–H groups in total. The topological polar surface area (TPSA) is 61.8 Å². The molecule has 5 nitrogen and oxygen atoms in total. The highest BCUT2D eigenvalue weighted by molar-refractivity contribution is 5.74. The molecule has 5 heteroatoms. The van der Waals surface area contributed by atoms with Gasteiger partial charge < -0.3 is 15.2 Å². The lowest BCUT2D eigenvalue weighted by Crippen LogP contribution is -2.56. The lowest BCUT2D eigenvalue weighted by Gasteiger charge is -2.35. The molecule has 1 saturated carbocycles. The number of aliphatic carboxylic acids is 1. The van der Waals surface area contributed by atoms with Crippen molar-refractivity contribution in [3.05, 3.63) is 0 Å². The van der Waals surface area contributed by atoms with Crippen LogP contribution in [0.15, 0.2) is 0 Å². The van der Waals surface area contributed by atoms with E-state index in [2.05, 4.69) is 10.2 Å². The SMILES string of the molecule is O=C(O)C1CNCCN1CC1CCC2(CCCC2)O1. The number of nitrogens with one attached hydrogen (secondary N) is 1. The van der Waals surface area contributed by atoms with Gasteiger partial charge in [0, 0.05) is 26.2 Å². The summed E-state index contributed by atoms with van der Waals surface area (Å²) < 4.78 is 6.29. The number of hydrogen-bond donors (Lipinski definition) is 2. The van der Waals surface area contributed by atoms with E-state index in [0.29, 0.717) is 6.54 Å². The van der Waals surface area contributed by atoms with Crippen LogP contribution in [-0.4, -0.2) is 59.9 Å². The van der Waals surface area contributed by atoms with Crippen LogP contribution in [0.4, 0.5) is 0 Å². The van der Waals surface area contributed by atoms with Gasteiger partial charge in [-0.2, -0.15) is 0 Å². The van der Waals surface area contributed by atoms with Crippen molar-refractivity contribution in [2.45, 2.75) is 56.3 Å². The summed E-state index contributed by atoms with van der Waals surface area (Å²) in [6.45, 7) is 3.01. The van der Waals surface area contributed by atoms with E-state index >= 15 is 0 Å². The van der Waals surface area contributed by atoms with Gasteiger partial charge in [-0.05, 0) is 25.7 Å². The van der Waals surface area contributed by atoms with Crippen LogP contribution >= 0.6 is 0 Å². The minimum absolute atomic E-state index is 0.150. The van der Waals surface area contributed by atoms with E-state index in [0.717, 1.165) is 26.1 Å². The van der Waals surface area contributed by atoms with Crippen LogP contribution in [0.25, 0.3) is 0 Å². The fraction of sp³-hybridized carbons (Fsp3) is 0.929. The third kappa shape index (κ3) is 2.78. The van der Waals surface area contributed by atoms with Gasteiger partial charge in [0.1, 0.15) is 6.04 Å². The van der Waals surface area contributed by atoms with E-state index in [9.17, 15) is 9.90 Å². The van der Waals surface area contributed by atoms with Gasteiger partial charge in [0.15, 0.2) is 0 Å². The van der Waals surface area contributed by atoms with Crippen LogP contribution in [0, 0.1) is 0 Å². The largest absolute Gasteiger partial charge is 0.480 e. The molecule has 19 heavy (non-hydrogen) atoms. The van der Waals surface area contributed by atoms with Crippen molar-refractivity contribution in [2.24, 2.45) is 0 Å². The molecule has 3 aliphatic rings. The van der Waals surface area contributed by atoms with Crippen LogP contribution in [0.2, 0.25) is 0 Å². The number of hydrogen-bond acceptors (Lipinski definition) is 4. The maximum Gasteiger partial charge on any atom is 0.322 e. The van der Waals surface area contributed by atoms with Crippen LogP contribution in [0.5, 0.6) is 0 Å². The second-order valence-corrected chi connectivity index (χ2v) is 6.22. The molecule has 0 aromatic heterocycles. The summed E-state index contributed by atoms with van der Waals surface area (Å²) in [5, 5.41) is 12.4. The first kappa shape index (κ1) is 13.3. The van der Waals surface area contributed by atoms with Crippen LogP contribution in [0.1, 0.15) is 38.5 Å². The lowest BCUT2D eigenvalue weighted by molar-refractivity contribution is -0.145. The van der Waals surface area contributed by atoms with E-state index in [-0.39, 0.29) is 11.7 Å². The lowest BCUT2D eigenvalue weighted by atomic mass is 9.98. The Hall–Kier alpha value is -0.650. The average Bonchev–Trinajstić information content (AvgIpc) is 3.01. The molecule has 2 aliphatic heterocycles. The molecule has 0 amide bonds. The zero-order valence-corrected chi connectivity index (χ0v) is 11.4. The van der Waals surface area contributed by atoms with Crippen molar-refractivity contribution < 1.29 is 14.6 Å². The number of carboxylic acid groups (broad SMARTS) is 1. The highest BCUT2D eigenvalue weighted by Crippen LogP contribution is 2.43. The standard InChI is InChI=1S/C14H24N2O3/c17-13(18)12-9-15-7-8-16(12)10-11-3-6-14(19-11)4-1-2-5-14/h11-12,15H,1-10H2,(H,17,18). The second-order valence-electron chi connectivity index (χ2n) is 6.22. The van der Waals surface area contributed by atoms with E-state index in [4.69, 9.17) is 4.74 Å². The number of piperazine rings is 1. The summed E-state index contributed by atoms with van der Waals surface area (Å²) in [4.78, 5) is 13.3. The molecule has 1 spiro atoms. The van der Waals surface area contributed by atoms with Gasteiger partial charge in [0.25, 0.3) is 0 Å². The first-order chi connectivity index (χ1) is 9.19. The molecule has 2 heterocycles. The number of rotatable bonds is 3. The molecule has 2 atom stereocenters. The van der Waals surface area contributed by atoms with Gasteiger partial charge in [0.2, 0.25) is 0 Å². The van der Waals surface area contributed by atoms with Crippen LogP contribution < -0.4 is 5.32 Å². The average molecular weight is 268 g/mol. The molecule has 1 aliphatic carbocycles. The smallest absolute Gasteiger partial charge is 0.322 e. The minimum atomic E-state index is -0.722. The summed E-state index contributed by atoms with van der Waals surface area (Å²) >= 11 is 0. The Bertz CT molecular complexity index is 342. The van der Waals surface area contributed by atoms with E-state index in [1.54, 1.807) is 0 Å². The zero-order chi connectivity index (χ0) is 13.3. The Kier molecular flexibility index (Phi) is 3.78. The molecular formula is C14H24N2O3. The zero-order valence-electron chi connectivity index (χ0n) is 11.4. The molecule has 108 valence electrons. The molecule has 0 aromatic carbocycles. The monoisotopic (exact) mass is 268 g/mol. The first-order valence-electron chi connectivity index (χ1n) is 7.54. The van der Waals surface area contributed by atoms with E-state index in [1.165, 1.54) is 32.1 Å². The van der Waals surface area contributed by atoms with Gasteiger partial charge in [0.05, 0.1) is 11.7 Å². The van der Waals surface area contributed by atoms with Gasteiger partial charge >= 0.3 is 5.97 Å². The Labute approximate surface area is 114 Å². The Morgan fingerprint density at radius 3 is 2.89 bits per heavy atom. The Morgan fingerprint density at radius 2 is 2.16 bits per heavy atom. The number of ether oxygens (including phenoxy) is 1. The summed E-state index contributed by atoms with van der Waals surface area (Å²) in [5.41, 5.74) is 0.150. The number of carboxylic acids is 1. The maximum atomic E-state index is 11.3. The third-order valence-corrected chi connectivity index (χ3v) is 4.93. The maximum absolute atomic E-state index is 11.3. The molecule has 0 bridgehead atoms. The van der Waals surface area contributed by atoms with E-state index < -0.39 is 12.0 Å². The molecular weight excluding hydrogens is 244 g/mol. The van der Waals surface area contributed by atoms with Gasteiger partial charge in [-0.25, -0.2) is 0 Å². The Balaban J connectivity index is 1.57. The molecule has 3 fully saturated rings. The van der Waals surface area contributed by atoms with Crippen molar-refractivity contribution in [1.82, 2.24) is 10.2 Å². The minimum Gasteiger partial charge on any atom is -0.480 e. The number of carbonyl (C=O) groups is 1. The van der Waals surface area contributed by atoms with Gasteiger partial charge in [-0.15, -0.1) is 0 Å². The molecule has 2 saturated heterocycles. The fourth-order valence-electron chi connectivity index (χ4n) is 3.88. The quantitative estimate of drug-likeness (QED) is 0.794. The highest BCUT2D eigenvalue weighted by Gasteiger charge is 2.43. The molecule has 0 aromatic rings. The summed E-state index contributed by atoms with van der Waals surface area (Å²) in [7, 11) is 0. The molecule has 0 radical (unpaired) electrons. The summed E-state index contributed by atoms with van der Waals surface area (Å²) in [6.07, 6.45) is 7.48. The van der Waals surface area contributed by atoms with Gasteiger partial charge in [-0.3, -0.25) is 9.69 Å². The fourth-order valence-corrected chi connectivity index (χ4v) is 3.88. The van der Waals surface area contributed by atoms with Crippen molar-refractivity contribution in [3.63, 3.8) is 0 Å². The van der Waals surface area contributed by atoms with Crippen molar-refractivity contribution in [3.8, 4) is 0 Å². The van der Waals surface area contributed by atoms with Crippen LogP contribution in [-0.2, 0) is 9.53 Å². The van der Waals surface area contributed by atoms with E-state index in [1.807, 2.05) is 0 Å². The van der Waals surface area contributed by atoms with Crippen molar-refractivity contribution in [2.75, 3.05) is 26.2 Å². The normalized spacial score (nSPS) is 34.9. The number of nitrogens with zero attached hydrogens (tertiary/aromatic N) is 1. The second kappa shape index (κ2) is 5.38. The summed E-state index contributed by atoms with van der Waals surface area (Å²) in [6, 6.07) is -0.391. The van der Waals surface area contributed by atoms with Gasteiger partial charge in [-0.1, -0.05) is 12.8 Å². The van der Waals surface area contributed by atoms with Crippen LogP contribution in [0.3, 0.4) is 0 Å². The molecule has 3 rings (SSSR count). The van der Waals surface area contributed by atoms with Crippen molar-refractivity contribution >= 4 is 5.97 Å². The Morgan fingerprint density at radius 1 is 1.37 bits per heavy atom.